The number of ether oxygens (including phenoxy) is 1. The number of nitrogens with one attached hydrogen (secondary N) is 2. The Morgan fingerprint density at radius 2 is 1.82 bits per heavy atom. The smallest absolute Gasteiger partial charge is 0.306 e. The van der Waals surface area contributed by atoms with Crippen molar-refractivity contribution in [2.24, 2.45) is 0 Å². The third kappa shape index (κ3) is 7.32. The molecule has 1 atom stereocenters. The summed E-state index contributed by atoms with van der Waals surface area (Å²) in [6.07, 6.45) is 0.0599. The van der Waals surface area contributed by atoms with Crippen molar-refractivity contribution in [3.8, 4) is 0 Å². The van der Waals surface area contributed by atoms with Gasteiger partial charge in [-0.1, -0.05) is 0 Å². The molecular weight excluding hydrogens is 224 g/mol. The van der Waals surface area contributed by atoms with Crippen molar-refractivity contribution in [1.82, 2.24) is 10.6 Å². The van der Waals surface area contributed by atoms with Crippen LogP contribution in [0.5, 0.6) is 0 Å². The highest BCUT2D eigenvalue weighted by atomic mass is 16.5. The largest absolute Gasteiger partial charge is 0.466 e. The Morgan fingerprint density at radius 1 is 1.18 bits per heavy atom. The zero-order valence-corrected chi connectivity index (χ0v) is 10.5. The molecule has 1 unspecified atom stereocenters. The van der Waals surface area contributed by atoms with Crippen molar-refractivity contribution >= 4 is 17.8 Å². The SMILES string of the molecule is CCNC(=O)C(C)NC(=O)CCC(=O)OCC. The average Bonchev–Trinajstić information content (AvgIpc) is 2.27. The third-order valence-corrected chi connectivity index (χ3v) is 1.98. The Balaban J connectivity index is 3.85. The summed E-state index contributed by atoms with van der Waals surface area (Å²) in [7, 11) is 0. The van der Waals surface area contributed by atoms with E-state index in [1.54, 1.807) is 20.8 Å². The Bertz CT molecular complexity index is 279. The van der Waals surface area contributed by atoms with E-state index in [0.717, 1.165) is 0 Å². The predicted octanol–water partition coefficient (Wildman–Crippen LogP) is -0.0295. The molecule has 0 bridgehead atoms. The molecule has 0 aliphatic heterocycles. The maximum atomic E-state index is 11.4. The molecule has 0 aromatic heterocycles. The molecule has 2 amide bonds. The van der Waals surface area contributed by atoms with Crippen LogP contribution in [0.4, 0.5) is 0 Å². The maximum Gasteiger partial charge on any atom is 0.306 e. The van der Waals surface area contributed by atoms with E-state index >= 15 is 0 Å². The van der Waals surface area contributed by atoms with Gasteiger partial charge in [-0.05, 0) is 20.8 Å². The molecule has 0 aliphatic rings. The molecule has 6 nitrogen and oxygen atoms in total. The van der Waals surface area contributed by atoms with Gasteiger partial charge in [0.15, 0.2) is 0 Å². The van der Waals surface area contributed by atoms with Crippen LogP contribution >= 0.6 is 0 Å². The van der Waals surface area contributed by atoms with E-state index in [4.69, 9.17) is 0 Å². The molecule has 0 radical (unpaired) electrons. The van der Waals surface area contributed by atoms with Gasteiger partial charge in [0.25, 0.3) is 0 Å². The lowest BCUT2D eigenvalue weighted by Gasteiger charge is -2.12. The van der Waals surface area contributed by atoms with Gasteiger partial charge in [-0.2, -0.15) is 0 Å². The second kappa shape index (κ2) is 8.55. The Morgan fingerprint density at radius 3 is 2.35 bits per heavy atom. The topological polar surface area (TPSA) is 84.5 Å². The first-order chi connectivity index (χ1) is 8.01. The molecule has 0 aromatic carbocycles. The van der Waals surface area contributed by atoms with E-state index in [9.17, 15) is 14.4 Å². The molecule has 98 valence electrons. The van der Waals surface area contributed by atoms with Crippen molar-refractivity contribution in [2.45, 2.75) is 39.7 Å². The fourth-order valence-corrected chi connectivity index (χ4v) is 1.16. The second-order valence-electron chi connectivity index (χ2n) is 3.49. The molecule has 6 heteroatoms. The minimum absolute atomic E-state index is 0.0296. The Labute approximate surface area is 101 Å². The lowest BCUT2D eigenvalue weighted by molar-refractivity contribution is -0.144. The van der Waals surface area contributed by atoms with E-state index in [-0.39, 0.29) is 24.7 Å². The lowest BCUT2D eigenvalue weighted by atomic mass is 10.2. The number of amides is 2. The van der Waals surface area contributed by atoms with Gasteiger partial charge in [0.2, 0.25) is 11.8 Å². The molecule has 2 N–H and O–H groups in total. The predicted molar refractivity (Wildman–Crippen MR) is 62.2 cm³/mol. The number of hydrogen-bond donors (Lipinski definition) is 2. The maximum absolute atomic E-state index is 11.4. The first-order valence-electron chi connectivity index (χ1n) is 5.73. The number of esters is 1. The summed E-state index contributed by atoms with van der Waals surface area (Å²) in [4.78, 5) is 33.7. The molecule has 17 heavy (non-hydrogen) atoms. The number of carbonyl (C=O) groups is 3. The van der Waals surface area contributed by atoms with E-state index in [1.165, 1.54) is 0 Å². The first-order valence-corrected chi connectivity index (χ1v) is 5.73. The van der Waals surface area contributed by atoms with Crippen molar-refractivity contribution in [2.75, 3.05) is 13.2 Å². The highest BCUT2D eigenvalue weighted by Crippen LogP contribution is 1.94. The first kappa shape index (κ1) is 15.4. The molecule has 0 rings (SSSR count). The van der Waals surface area contributed by atoms with Crippen LogP contribution in [-0.4, -0.2) is 37.0 Å². The molecule has 0 heterocycles. The number of hydrogen-bond acceptors (Lipinski definition) is 4. The molecule has 0 aliphatic carbocycles. The highest BCUT2D eigenvalue weighted by Gasteiger charge is 2.15. The summed E-state index contributed by atoms with van der Waals surface area (Å²) in [5, 5.41) is 5.09. The summed E-state index contributed by atoms with van der Waals surface area (Å²) in [6, 6.07) is -0.593. The summed E-state index contributed by atoms with van der Waals surface area (Å²) in [5.41, 5.74) is 0. The quantitative estimate of drug-likeness (QED) is 0.616. The zero-order chi connectivity index (χ0) is 13.3. The fraction of sp³-hybridized carbons (Fsp3) is 0.727. The standard InChI is InChI=1S/C11H20N2O4/c1-4-12-11(16)8(3)13-9(14)6-7-10(15)17-5-2/h8H,4-7H2,1-3H3,(H,12,16)(H,13,14). The molecule has 0 fully saturated rings. The van der Waals surface area contributed by atoms with E-state index in [2.05, 4.69) is 15.4 Å². The van der Waals surface area contributed by atoms with Gasteiger partial charge in [0, 0.05) is 13.0 Å². The van der Waals surface area contributed by atoms with Crippen LogP contribution in [0.15, 0.2) is 0 Å². The summed E-state index contributed by atoms with van der Waals surface area (Å²) < 4.78 is 4.69. The van der Waals surface area contributed by atoms with Crippen LogP contribution in [0.3, 0.4) is 0 Å². The van der Waals surface area contributed by atoms with E-state index in [1.807, 2.05) is 0 Å². The van der Waals surface area contributed by atoms with Crippen molar-refractivity contribution in [1.29, 1.82) is 0 Å². The van der Waals surface area contributed by atoms with Gasteiger partial charge < -0.3 is 15.4 Å². The minimum Gasteiger partial charge on any atom is -0.466 e. The highest BCUT2D eigenvalue weighted by molar-refractivity contribution is 5.88. The van der Waals surface area contributed by atoms with Crippen LogP contribution in [0.25, 0.3) is 0 Å². The monoisotopic (exact) mass is 244 g/mol. The Kier molecular flexibility index (Phi) is 7.75. The number of likely N-dealkylation sites (N-methyl/N-ethyl adjacent to an activating group) is 1. The van der Waals surface area contributed by atoms with Crippen LogP contribution in [-0.2, 0) is 19.1 Å². The average molecular weight is 244 g/mol. The molecule has 0 saturated heterocycles. The van der Waals surface area contributed by atoms with Gasteiger partial charge in [0.05, 0.1) is 13.0 Å². The van der Waals surface area contributed by atoms with Crippen molar-refractivity contribution < 1.29 is 19.1 Å². The Hall–Kier alpha value is -1.59. The second-order valence-corrected chi connectivity index (χ2v) is 3.49. The number of rotatable bonds is 7. The van der Waals surface area contributed by atoms with Gasteiger partial charge in [-0.3, -0.25) is 14.4 Å². The fourth-order valence-electron chi connectivity index (χ4n) is 1.16. The summed E-state index contributed by atoms with van der Waals surface area (Å²) in [6.45, 7) is 5.91. The normalized spacial score (nSPS) is 11.5. The van der Waals surface area contributed by atoms with Crippen LogP contribution in [0.2, 0.25) is 0 Å². The van der Waals surface area contributed by atoms with Crippen molar-refractivity contribution in [3.63, 3.8) is 0 Å². The molecular formula is C11H20N2O4. The van der Waals surface area contributed by atoms with E-state index < -0.39 is 12.0 Å². The summed E-state index contributed by atoms with van der Waals surface area (Å²) in [5.74, 6) is -0.984. The minimum atomic E-state index is -0.593. The van der Waals surface area contributed by atoms with Gasteiger partial charge in [0.1, 0.15) is 6.04 Å². The van der Waals surface area contributed by atoms with Crippen molar-refractivity contribution in [3.05, 3.63) is 0 Å². The molecule has 0 spiro atoms. The van der Waals surface area contributed by atoms with Crippen LogP contribution < -0.4 is 10.6 Å². The van der Waals surface area contributed by atoms with Gasteiger partial charge in [-0.15, -0.1) is 0 Å². The van der Waals surface area contributed by atoms with Crippen LogP contribution in [0, 0.1) is 0 Å². The molecule has 0 saturated carbocycles. The van der Waals surface area contributed by atoms with E-state index in [0.29, 0.717) is 13.2 Å². The number of carbonyl (C=O) groups excluding carboxylic acids is 3. The van der Waals surface area contributed by atoms with Gasteiger partial charge in [-0.25, -0.2) is 0 Å². The molecule has 0 aromatic rings. The van der Waals surface area contributed by atoms with Gasteiger partial charge >= 0.3 is 5.97 Å². The third-order valence-electron chi connectivity index (χ3n) is 1.98. The zero-order valence-electron chi connectivity index (χ0n) is 10.5. The lowest BCUT2D eigenvalue weighted by Crippen LogP contribution is -2.44. The van der Waals surface area contributed by atoms with Crippen LogP contribution in [0.1, 0.15) is 33.6 Å². The summed E-state index contributed by atoms with van der Waals surface area (Å²) >= 11 is 0.